The Labute approximate surface area is 99.5 Å². The van der Waals surface area contributed by atoms with Crippen molar-refractivity contribution in [3.05, 3.63) is 35.4 Å². The van der Waals surface area contributed by atoms with Crippen molar-refractivity contribution in [2.45, 2.75) is 52.1 Å². The van der Waals surface area contributed by atoms with Crippen molar-refractivity contribution in [2.75, 3.05) is 6.54 Å². The van der Waals surface area contributed by atoms with Crippen LogP contribution in [0.15, 0.2) is 24.3 Å². The van der Waals surface area contributed by atoms with E-state index in [9.17, 15) is 0 Å². The smallest absolute Gasteiger partial charge is 0.0353 e. The zero-order valence-corrected chi connectivity index (χ0v) is 11.0. The van der Waals surface area contributed by atoms with Gasteiger partial charge < -0.3 is 0 Å². The van der Waals surface area contributed by atoms with E-state index in [0.717, 1.165) is 0 Å². The molecule has 1 fully saturated rings. The number of benzene rings is 1. The van der Waals surface area contributed by atoms with E-state index in [1.54, 1.807) is 0 Å². The van der Waals surface area contributed by atoms with Crippen LogP contribution in [0.4, 0.5) is 0 Å². The fourth-order valence-corrected chi connectivity index (χ4v) is 2.70. The number of hydrogen-bond acceptors (Lipinski definition) is 1. The maximum atomic E-state index is 2.64. The monoisotopic (exact) mass is 217 g/mol. The van der Waals surface area contributed by atoms with Crippen LogP contribution >= 0.6 is 0 Å². The zero-order chi connectivity index (χ0) is 11.8. The fraction of sp³-hybridized carbons (Fsp3) is 0.600. The molecule has 0 N–H and O–H groups in total. The van der Waals surface area contributed by atoms with Gasteiger partial charge in [0.15, 0.2) is 0 Å². The number of nitrogens with zero attached hydrogens (tertiary/aromatic N) is 1. The predicted molar refractivity (Wildman–Crippen MR) is 69.6 cm³/mol. The third-order valence-electron chi connectivity index (χ3n) is 3.58. The molecule has 0 aromatic heterocycles. The van der Waals surface area contributed by atoms with E-state index in [-0.39, 0.29) is 5.54 Å². The van der Waals surface area contributed by atoms with Gasteiger partial charge in [0.25, 0.3) is 0 Å². The van der Waals surface area contributed by atoms with Crippen LogP contribution in [0.25, 0.3) is 0 Å². The highest BCUT2D eigenvalue weighted by Gasteiger charge is 2.33. The molecular weight excluding hydrogens is 194 g/mol. The summed E-state index contributed by atoms with van der Waals surface area (Å²) in [4.78, 5) is 2.64. The normalized spacial score (nSPS) is 22.6. The highest BCUT2D eigenvalue weighted by atomic mass is 15.2. The first-order chi connectivity index (χ1) is 7.48. The quantitative estimate of drug-likeness (QED) is 0.689. The molecular formula is C15H23N. The van der Waals surface area contributed by atoms with E-state index in [2.05, 4.69) is 56.9 Å². The summed E-state index contributed by atoms with van der Waals surface area (Å²) in [6.07, 6.45) is 2.64. The van der Waals surface area contributed by atoms with Crippen molar-refractivity contribution in [2.24, 2.45) is 0 Å². The second-order valence-electron chi connectivity index (χ2n) is 5.93. The maximum Gasteiger partial charge on any atom is 0.0353 e. The van der Waals surface area contributed by atoms with Crippen molar-refractivity contribution in [3.63, 3.8) is 0 Å². The van der Waals surface area contributed by atoms with Crippen LogP contribution in [0.1, 0.15) is 50.8 Å². The minimum atomic E-state index is 0.284. The van der Waals surface area contributed by atoms with E-state index in [4.69, 9.17) is 0 Å². The molecule has 0 spiro atoms. The lowest BCUT2D eigenvalue weighted by Crippen LogP contribution is -2.40. The lowest BCUT2D eigenvalue weighted by molar-refractivity contribution is 0.121. The summed E-state index contributed by atoms with van der Waals surface area (Å²) in [5.41, 5.74) is 3.12. The van der Waals surface area contributed by atoms with E-state index in [0.29, 0.717) is 6.04 Å². The third kappa shape index (κ3) is 2.30. The molecule has 2 rings (SSSR count). The second kappa shape index (κ2) is 4.21. The average molecular weight is 217 g/mol. The fourth-order valence-electron chi connectivity index (χ4n) is 2.70. The summed E-state index contributed by atoms with van der Waals surface area (Å²) in [6, 6.07) is 9.68. The Balaban J connectivity index is 2.23. The van der Waals surface area contributed by atoms with E-state index in [1.165, 1.54) is 30.5 Å². The van der Waals surface area contributed by atoms with Crippen molar-refractivity contribution < 1.29 is 0 Å². The van der Waals surface area contributed by atoms with E-state index >= 15 is 0 Å². The summed E-state index contributed by atoms with van der Waals surface area (Å²) >= 11 is 0. The van der Waals surface area contributed by atoms with Crippen LogP contribution in [0.5, 0.6) is 0 Å². The number of rotatable bonds is 1. The van der Waals surface area contributed by atoms with Crippen LogP contribution in [-0.4, -0.2) is 17.0 Å². The molecule has 1 aliphatic rings. The third-order valence-corrected chi connectivity index (χ3v) is 3.58. The maximum absolute atomic E-state index is 2.64. The predicted octanol–water partition coefficient (Wildman–Crippen LogP) is 3.93. The van der Waals surface area contributed by atoms with Gasteiger partial charge in [-0.1, -0.05) is 29.8 Å². The molecule has 1 heterocycles. The number of aryl methyl sites for hydroxylation is 1. The molecule has 0 saturated carbocycles. The Morgan fingerprint density at radius 1 is 1.12 bits per heavy atom. The molecule has 0 unspecified atom stereocenters. The molecule has 1 nitrogen and oxygen atoms in total. The first-order valence-electron chi connectivity index (χ1n) is 6.32. The Kier molecular flexibility index (Phi) is 3.07. The minimum absolute atomic E-state index is 0.284. The molecule has 0 bridgehead atoms. The minimum Gasteiger partial charge on any atom is -0.291 e. The molecule has 16 heavy (non-hydrogen) atoms. The number of hydrogen-bond donors (Lipinski definition) is 0. The van der Waals surface area contributed by atoms with Gasteiger partial charge in [-0.25, -0.2) is 0 Å². The highest BCUT2D eigenvalue weighted by molar-refractivity contribution is 5.25. The van der Waals surface area contributed by atoms with Gasteiger partial charge in [0, 0.05) is 11.6 Å². The van der Waals surface area contributed by atoms with Crippen molar-refractivity contribution >= 4 is 0 Å². The molecule has 1 aromatic carbocycles. The van der Waals surface area contributed by atoms with Gasteiger partial charge in [-0.2, -0.15) is 0 Å². The zero-order valence-electron chi connectivity index (χ0n) is 11.0. The van der Waals surface area contributed by atoms with Gasteiger partial charge in [0.1, 0.15) is 0 Å². The Bertz CT molecular complexity index is 345. The van der Waals surface area contributed by atoms with E-state index in [1.807, 2.05) is 0 Å². The van der Waals surface area contributed by atoms with Gasteiger partial charge >= 0.3 is 0 Å². The SMILES string of the molecule is Cc1ccc([C@@H]2CCCN2C(C)(C)C)cc1. The summed E-state index contributed by atoms with van der Waals surface area (Å²) in [7, 11) is 0. The molecule has 0 amide bonds. The molecule has 1 saturated heterocycles. The molecule has 1 aliphatic heterocycles. The standard InChI is InChI=1S/C15H23N/c1-12-7-9-13(10-8-12)14-6-5-11-16(14)15(2,3)4/h7-10,14H,5-6,11H2,1-4H3/t14-/m0/s1. The largest absolute Gasteiger partial charge is 0.291 e. The second-order valence-corrected chi connectivity index (χ2v) is 5.93. The van der Waals surface area contributed by atoms with Gasteiger partial charge in [0.05, 0.1) is 0 Å². The molecule has 1 aromatic rings. The lowest BCUT2D eigenvalue weighted by atomic mass is 9.98. The van der Waals surface area contributed by atoms with Crippen molar-refractivity contribution in [3.8, 4) is 0 Å². The first-order valence-corrected chi connectivity index (χ1v) is 6.32. The van der Waals surface area contributed by atoms with Gasteiger partial charge in [0.2, 0.25) is 0 Å². The van der Waals surface area contributed by atoms with E-state index < -0.39 is 0 Å². The molecule has 0 aliphatic carbocycles. The average Bonchev–Trinajstić information content (AvgIpc) is 2.66. The summed E-state index contributed by atoms with van der Waals surface area (Å²) in [5.74, 6) is 0. The molecule has 1 heteroatoms. The summed E-state index contributed by atoms with van der Waals surface area (Å²) in [5, 5.41) is 0. The van der Waals surface area contributed by atoms with Crippen LogP contribution in [-0.2, 0) is 0 Å². The van der Waals surface area contributed by atoms with Crippen LogP contribution in [0.2, 0.25) is 0 Å². The topological polar surface area (TPSA) is 3.24 Å². The first kappa shape index (κ1) is 11.7. The molecule has 1 atom stereocenters. The van der Waals surface area contributed by atoms with Gasteiger partial charge in [-0.05, 0) is 52.6 Å². The Morgan fingerprint density at radius 2 is 1.75 bits per heavy atom. The lowest BCUT2D eigenvalue weighted by Gasteiger charge is -2.37. The van der Waals surface area contributed by atoms with Crippen LogP contribution in [0, 0.1) is 6.92 Å². The Morgan fingerprint density at radius 3 is 2.31 bits per heavy atom. The van der Waals surface area contributed by atoms with Crippen molar-refractivity contribution in [1.29, 1.82) is 0 Å². The van der Waals surface area contributed by atoms with Crippen LogP contribution < -0.4 is 0 Å². The summed E-state index contributed by atoms with van der Waals surface area (Å²) in [6.45, 7) is 10.3. The highest BCUT2D eigenvalue weighted by Crippen LogP contribution is 2.37. The Hall–Kier alpha value is -0.820. The van der Waals surface area contributed by atoms with Crippen molar-refractivity contribution in [1.82, 2.24) is 4.90 Å². The van der Waals surface area contributed by atoms with Gasteiger partial charge in [-0.15, -0.1) is 0 Å². The molecule has 0 radical (unpaired) electrons. The van der Waals surface area contributed by atoms with Gasteiger partial charge in [-0.3, -0.25) is 4.90 Å². The van der Waals surface area contributed by atoms with Crippen LogP contribution in [0.3, 0.4) is 0 Å². The summed E-state index contributed by atoms with van der Waals surface area (Å²) < 4.78 is 0. The number of likely N-dealkylation sites (tertiary alicyclic amines) is 1. The molecule has 88 valence electrons.